The van der Waals surface area contributed by atoms with Gasteiger partial charge >= 0.3 is 0 Å². The molecule has 1 rings (SSSR count). The van der Waals surface area contributed by atoms with Gasteiger partial charge in [0, 0.05) is 6.92 Å². The van der Waals surface area contributed by atoms with E-state index in [9.17, 15) is 4.79 Å². The molecule has 0 saturated heterocycles. The van der Waals surface area contributed by atoms with Crippen LogP contribution >= 0.6 is 0 Å². The summed E-state index contributed by atoms with van der Waals surface area (Å²) in [6.45, 7) is 3.48. The Morgan fingerprint density at radius 3 is 2.75 bits per heavy atom. The van der Waals surface area contributed by atoms with E-state index in [0.29, 0.717) is 0 Å². The van der Waals surface area contributed by atoms with E-state index in [1.807, 2.05) is 6.92 Å². The SMILES string of the molecule is CC(=O)NC1(C#N)CCCC1C. The third-order valence-electron chi connectivity index (χ3n) is 2.65. The van der Waals surface area contributed by atoms with Crippen molar-refractivity contribution in [1.29, 1.82) is 5.26 Å². The van der Waals surface area contributed by atoms with Gasteiger partial charge in [-0.25, -0.2) is 0 Å². The average Bonchev–Trinajstić information content (AvgIpc) is 2.32. The lowest BCUT2D eigenvalue weighted by atomic mass is 9.90. The number of hydrogen-bond donors (Lipinski definition) is 1. The van der Waals surface area contributed by atoms with Crippen molar-refractivity contribution < 1.29 is 4.79 Å². The summed E-state index contributed by atoms with van der Waals surface area (Å²) >= 11 is 0. The summed E-state index contributed by atoms with van der Waals surface area (Å²) in [5.74, 6) is 0.177. The first-order valence-corrected chi connectivity index (χ1v) is 4.31. The molecule has 0 spiro atoms. The highest BCUT2D eigenvalue weighted by Gasteiger charge is 2.41. The molecule has 1 N–H and O–H groups in total. The van der Waals surface area contributed by atoms with Crippen LogP contribution in [0, 0.1) is 17.2 Å². The topological polar surface area (TPSA) is 52.9 Å². The van der Waals surface area contributed by atoms with Crippen molar-refractivity contribution in [3.05, 3.63) is 0 Å². The molecule has 1 aliphatic rings. The molecule has 1 saturated carbocycles. The van der Waals surface area contributed by atoms with Crippen LogP contribution in [-0.4, -0.2) is 11.4 Å². The fourth-order valence-electron chi connectivity index (χ4n) is 1.87. The largest absolute Gasteiger partial charge is 0.338 e. The Morgan fingerprint density at radius 2 is 2.42 bits per heavy atom. The van der Waals surface area contributed by atoms with Gasteiger partial charge in [-0.3, -0.25) is 4.79 Å². The van der Waals surface area contributed by atoms with Gasteiger partial charge in [0.1, 0.15) is 5.54 Å². The van der Waals surface area contributed by atoms with Crippen LogP contribution in [0.2, 0.25) is 0 Å². The molecule has 0 aliphatic heterocycles. The highest BCUT2D eigenvalue weighted by atomic mass is 16.1. The molecule has 0 aromatic heterocycles. The van der Waals surface area contributed by atoms with Crippen molar-refractivity contribution in [3.63, 3.8) is 0 Å². The molecule has 3 nitrogen and oxygen atoms in total. The van der Waals surface area contributed by atoms with Crippen LogP contribution in [0.3, 0.4) is 0 Å². The van der Waals surface area contributed by atoms with E-state index >= 15 is 0 Å². The summed E-state index contributed by atoms with van der Waals surface area (Å²) in [5.41, 5.74) is -0.578. The Morgan fingerprint density at radius 1 is 1.75 bits per heavy atom. The molecular weight excluding hydrogens is 152 g/mol. The van der Waals surface area contributed by atoms with Crippen LogP contribution in [0.5, 0.6) is 0 Å². The molecule has 0 radical (unpaired) electrons. The number of nitriles is 1. The first-order chi connectivity index (χ1) is 5.60. The Bertz CT molecular complexity index is 231. The van der Waals surface area contributed by atoms with Crippen molar-refractivity contribution in [2.45, 2.75) is 38.6 Å². The van der Waals surface area contributed by atoms with Crippen molar-refractivity contribution in [2.75, 3.05) is 0 Å². The molecule has 12 heavy (non-hydrogen) atoms. The third-order valence-corrected chi connectivity index (χ3v) is 2.65. The number of carbonyl (C=O) groups excluding carboxylic acids is 1. The summed E-state index contributed by atoms with van der Waals surface area (Å²) in [7, 11) is 0. The number of nitrogens with zero attached hydrogens (tertiary/aromatic N) is 1. The maximum Gasteiger partial charge on any atom is 0.218 e. The zero-order valence-corrected chi connectivity index (χ0v) is 7.55. The molecular formula is C9H14N2O. The highest BCUT2D eigenvalue weighted by Crippen LogP contribution is 2.34. The third kappa shape index (κ3) is 1.42. The maximum absolute atomic E-state index is 10.8. The minimum atomic E-state index is -0.578. The first-order valence-electron chi connectivity index (χ1n) is 4.31. The van der Waals surface area contributed by atoms with Gasteiger partial charge in [-0.2, -0.15) is 5.26 Å². The minimum Gasteiger partial charge on any atom is -0.338 e. The Hall–Kier alpha value is -1.04. The molecule has 66 valence electrons. The van der Waals surface area contributed by atoms with Crippen LogP contribution in [-0.2, 0) is 4.79 Å². The summed E-state index contributed by atoms with van der Waals surface area (Å²) in [4.78, 5) is 10.8. The minimum absolute atomic E-state index is 0.106. The molecule has 0 bridgehead atoms. The van der Waals surface area contributed by atoms with Gasteiger partial charge in [0.25, 0.3) is 0 Å². The molecule has 1 amide bonds. The van der Waals surface area contributed by atoms with Gasteiger partial charge in [0.2, 0.25) is 5.91 Å². The summed E-state index contributed by atoms with van der Waals surface area (Å²) in [6.07, 6.45) is 2.87. The van der Waals surface area contributed by atoms with Crippen molar-refractivity contribution in [2.24, 2.45) is 5.92 Å². The Kier molecular flexibility index (Phi) is 2.37. The first kappa shape index (κ1) is 9.05. The van der Waals surface area contributed by atoms with Crippen LogP contribution in [0.25, 0.3) is 0 Å². The molecule has 0 aromatic carbocycles. The van der Waals surface area contributed by atoms with E-state index in [0.717, 1.165) is 19.3 Å². The van der Waals surface area contributed by atoms with Crippen LogP contribution in [0.4, 0.5) is 0 Å². The highest BCUT2D eigenvalue weighted by molar-refractivity contribution is 5.74. The van der Waals surface area contributed by atoms with Crippen LogP contribution in [0.1, 0.15) is 33.1 Å². The molecule has 0 heterocycles. The smallest absolute Gasteiger partial charge is 0.218 e. The lowest BCUT2D eigenvalue weighted by molar-refractivity contribution is -0.120. The number of amides is 1. The second-order valence-electron chi connectivity index (χ2n) is 3.56. The molecule has 2 unspecified atom stereocenters. The van der Waals surface area contributed by atoms with E-state index in [-0.39, 0.29) is 11.8 Å². The quantitative estimate of drug-likeness (QED) is 0.636. The predicted octanol–water partition coefficient (Wildman–Crippen LogP) is 1.20. The van der Waals surface area contributed by atoms with Gasteiger partial charge in [-0.05, 0) is 25.2 Å². The van der Waals surface area contributed by atoms with Gasteiger partial charge in [0.15, 0.2) is 0 Å². The molecule has 2 atom stereocenters. The molecule has 0 aromatic rings. The Labute approximate surface area is 72.8 Å². The zero-order valence-electron chi connectivity index (χ0n) is 7.55. The van der Waals surface area contributed by atoms with Crippen LogP contribution in [0.15, 0.2) is 0 Å². The summed E-state index contributed by atoms with van der Waals surface area (Å²) in [5, 5.41) is 11.7. The monoisotopic (exact) mass is 166 g/mol. The second-order valence-corrected chi connectivity index (χ2v) is 3.56. The molecule has 1 fully saturated rings. The van der Waals surface area contributed by atoms with E-state index < -0.39 is 5.54 Å². The van der Waals surface area contributed by atoms with Gasteiger partial charge in [0.05, 0.1) is 6.07 Å². The number of nitrogens with one attached hydrogen (secondary N) is 1. The van der Waals surface area contributed by atoms with E-state index in [1.165, 1.54) is 6.92 Å². The number of hydrogen-bond acceptors (Lipinski definition) is 2. The summed E-state index contributed by atoms with van der Waals surface area (Å²) < 4.78 is 0. The van der Waals surface area contributed by atoms with Crippen LogP contribution < -0.4 is 5.32 Å². The molecule has 1 aliphatic carbocycles. The lowest BCUT2D eigenvalue weighted by Gasteiger charge is -2.26. The normalized spacial score (nSPS) is 34.2. The second kappa shape index (κ2) is 3.14. The standard InChI is InChI=1S/C9H14N2O/c1-7-4-3-5-9(7,6-10)11-8(2)12/h7H,3-5H2,1-2H3,(H,11,12). The van der Waals surface area contributed by atoms with Gasteiger partial charge in [-0.1, -0.05) is 6.92 Å². The maximum atomic E-state index is 10.8. The van der Waals surface area contributed by atoms with E-state index in [1.54, 1.807) is 0 Å². The van der Waals surface area contributed by atoms with Gasteiger partial charge < -0.3 is 5.32 Å². The number of carbonyl (C=O) groups is 1. The lowest BCUT2D eigenvalue weighted by Crippen LogP contribution is -2.48. The van der Waals surface area contributed by atoms with E-state index in [2.05, 4.69) is 11.4 Å². The number of rotatable bonds is 1. The van der Waals surface area contributed by atoms with Crippen molar-refractivity contribution in [1.82, 2.24) is 5.32 Å². The fourth-order valence-corrected chi connectivity index (χ4v) is 1.87. The molecule has 3 heteroatoms. The van der Waals surface area contributed by atoms with E-state index in [4.69, 9.17) is 5.26 Å². The summed E-state index contributed by atoms with van der Waals surface area (Å²) in [6, 6.07) is 2.23. The van der Waals surface area contributed by atoms with Gasteiger partial charge in [-0.15, -0.1) is 0 Å². The fraction of sp³-hybridized carbons (Fsp3) is 0.778. The Balaban J connectivity index is 2.76. The predicted molar refractivity (Wildman–Crippen MR) is 45.2 cm³/mol. The van der Waals surface area contributed by atoms with Crippen molar-refractivity contribution >= 4 is 5.91 Å². The van der Waals surface area contributed by atoms with Crippen molar-refractivity contribution in [3.8, 4) is 6.07 Å². The zero-order chi connectivity index (χ0) is 9.19. The average molecular weight is 166 g/mol.